The van der Waals surface area contributed by atoms with E-state index in [2.05, 4.69) is 13.2 Å². The molecule has 0 aromatic heterocycles. The monoisotopic (exact) mass is 437 g/mol. The number of hydrogen-bond donors (Lipinski definition) is 1. The highest BCUT2D eigenvalue weighted by molar-refractivity contribution is 7.88. The van der Waals surface area contributed by atoms with Crippen LogP contribution in [0.25, 0.3) is 11.1 Å². The van der Waals surface area contributed by atoms with Crippen LogP contribution in [-0.4, -0.2) is 21.6 Å². The molecule has 0 fully saturated rings. The van der Waals surface area contributed by atoms with Gasteiger partial charge in [0.2, 0.25) is 10.0 Å². The number of sulfonamides is 1. The van der Waals surface area contributed by atoms with Crippen LogP contribution in [0, 0.1) is 0 Å². The van der Waals surface area contributed by atoms with E-state index in [1.807, 2.05) is 0 Å². The van der Waals surface area contributed by atoms with E-state index < -0.39 is 22.7 Å². The molecule has 6 nitrogen and oxygen atoms in total. The first-order valence-electron chi connectivity index (χ1n) is 9.00. The molecular formula is C21H21F2NO5S. The second-order valence-electron chi connectivity index (χ2n) is 6.60. The molecule has 0 radical (unpaired) electrons. The summed E-state index contributed by atoms with van der Waals surface area (Å²) < 4.78 is 65.7. The summed E-state index contributed by atoms with van der Waals surface area (Å²) in [5.41, 5.74) is 1.94. The van der Waals surface area contributed by atoms with E-state index in [9.17, 15) is 17.2 Å². The Labute approximate surface area is 173 Å². The molecule has 1 heterocycles. The Kier molecular flexibility index (Phi) is 6.42. The summed E-state index contributed by atoms with van der Waals surface area (Å²) in [7, 11) is -3.75. The summed E-state index contributed by atoms with van der Waals surface area (Å²) in [6.45, 7) is 4.28. The van der Waals surface area contributed by atoms with Crippen molar-refractivity contribution in [2.24, 2.45) is 5.14 Å². The van der Waals surface area contributed by atoms with Gasteiger partial charge in [-0.05, 0) is 23.3 Å². The van der Waals surface area contributed by atoms with Gasteiger partial charge in [0, 0.05) is 12.0 Å². The zero-order valence-electron chi connectivity index (χ0n) is 16.0. The molecule has 1 unspecified atom stereocenters. The van der Waals surface area contributed by atoms with E-state index >= 15 is 0 Å². The molecule has 1 aliphatic heterocycles. The number of primary sulfonamides is 1. The average molecular weight is 437 g/mol. The van der Waals surface area contributed by atoms with Crippen LogP contribution in [-0.2, 0) is 15.8 Å². The van der Waals surface area contributed by atoms with Crippen LogP contribution in [0.4, 0.5) is 8.78 Å². The maximum Gasteiger partial charge on any atom is 0.387 e. The quantitative estimate of drug-likeness (QED) is 0.591. The van der Waals surface area contributed by atoms with Crippen LogP contribution < -0.4 is 19.3 Å². The number of benzene rings is 2. The summed E-state index contributed by atoms with van der Waals surface area (Å²) in [5, 5.41) is 5.16. The summed E-state index contributed by atoms with van der Waals surface area (Å²) in [4.78, 5) is 0. The SMILES string of the molecule is C=CCOc1ccc2c(c1OC(F)F)-c1ccc(CS(N)(=O)=O)cc1C(CC=C)O2. The Bertz CT molecular complexity index is 1070. The smallest absolute Gasteiger partial charge is 0.387 e. The van der Waals surface area contributed by atoms with Crippen molar-refractivity contribution in [3.8, 4) is 28.4 Å². The van der Waals surface area contributed by atoms with E-state index in [1.165, 1.54) is 12.1 Å². The molecule has 9 heteroatoms. The number of alkyl halides is 2. The normalized spacial score (nSPS) is 15.0. The number of ether oxygens (including phenoxy) is 3. The lowest BCUT2D eigenvalue weighted by Gasteiger charge is -2.30. The molecule has 2 aromatic rings. The fraction of sp³-hybridized carbons (Fsp3) is 0.238. The van der Waals surface area contributed by atoms with E-state index in [-0.39, 0.29) is 23.9 Å². The van der Waals surface area contributed by atoms with Gasteiger partial charge in [-0.25, -0.2) is 13.6 Å². The summed E-state index contributed by atoms with van der Waals surface area (Å²) in [5.74, 6) is -0.0760. The molecule has 0 bridgehead atoms. The third kappa shape index (κ3) is 4.80. The standard InChI is InChI=1S/C21H21F2NO5S/c1-3-5-16-15-11-13(12-30(24,25)26)6-7-14(15)19-17(28-16)8-9-18(27-10-4-2)20(19)29-21(22)23/h3-4,6-9,11,16,21H,1-2,5,10,12H2,(H2,24,25,26). The van der Waals surface area contributed by atoms with Crippen LogP contribution in [0.15, 0.2) is 55.6 Å². The van der Waals surface area contributed by atoms with Gasteiger partial charge >= 0.3 is 6.61 Å². The molecule has 160 valence electrons. The lowest BCUT2D eigenvalue weighted by Crippen LogP contribution is -2.18. The minimum atomic E-state index is -3.75. The van der Waals surface area contributed by atoms with E-state index in [0.29, 0.717) is 34.4 Å². The molecule has 1 aliphatic rings. The van der Waals surface area contributed by atoms with E-state index in [1.54, 1.807) is 30.3 Å². The van der Waals surface area contributed by atoms with Gasteiger partial charge in [0.1, 0.15) is 18.5 Å². The van der Waals surface area contributed by atoms with Crippen LogP contribution >= 0.6 is 0 Å². The predicted octanol–water partition coefficient (Wildman–Crippen LogP) is 4.32. The average Bonchev–Trinajstić information content (AvgIpc) is 2.66. The van der Waals surface area contributed by atoms with Gasteiger partial charge in [-0.15, -0.1) is 6.58 Å². The fourth-order valence-corrected chi connectivity index (χ4v) is 3.98. The van der Waals surface area contributed by atoms with Gasteiger partial charge in [0.05, 0.1) is 11.3 Å². The van der Waals surface area contributed by atoms with Crippen molar-refractivity contribution in [2.45, 2.75) is 24.9 Å². The Morgan fingerprint density at radius 2 is 1.97 bits per heavy atom. The molecule has 0 saturated carbocycles. The zero-order valence-corrected chi connectivity index (χ0v) is 16.8. The molecule has 3 rings (SSSR count). The molecule has 2 aromatic carbocycles. The first-order chi connectivity index (χ1) is 14.2. The zero-order chi connectivity index (χ0) is 21.9. The Morgan fingerprint density at radius 1 is 1.20 bits per heavy atom. The number of fused-ring (bicyclic) bond motifs is 3. The van der Waals surface area contributed by atoms with Crippen molar-refractivity contribution in [2.75, 3.05) is 6.61 Å². The molecular weight excluding hydrogens is 416 g/mol. The molecule has 1 atom stereocenters. The van der Waals surface area contributed by atoms with Crippen LogP contribution in [0.5, 0.6) is 17.2 Å². The summed E-state index contributed by atoms with van der Waals surface area (Å²) in [6, 6.07) is 7.96. The van der Waals surface area contributed by atoms with Gasteiger partial charge in [0.25, 0.3) is 0 Å². The third-order valence-electron chi connectivity index (χ3n) is 4.40. The number of halogens is 2. The Hall–Kier alpha value is -2.91. The second-order valence-corrected chi connectivity index (χ2v) is 8.22. The van der Waals surface area contributed by atoms with Crippen molar-refractivity contribution < 1.29 is 31.4 Å². The minimum Gasteiger partial charge on any atom is -0.486 e. The van der Waals surface area contributed by atoms with Crippen molar-refractivity contribution in [1.82, 2.24) is 0 Å². The second kappa shape index (κ2) is 8.85. The van der Waals surface area contributed by atoms with E-state index in [4.69, 9.17) is 19.3 Å². The van der Waals surface area contributed by atoms with E-state index in [0.717, 1.165) is 0 Å². The Morgan fingerprint density at radius 3 is 2.60 bits per heavy atom. The lowest BCUT2D eigenvalue weighted by molar-refractivity contribution is -0.0511. The first kappa shape index (κ1) is 21.8. The largest absolute Gasteiger partial charge is 0.486 e. The highest BCUT2D eigenvalue weighted by Crippen LogP contribution is 2.52. The van der Waals surface area contributed by atoms with Gasteiger partial charge in [-0.2, -0.15) is 8.78 Å². The van der Waals surface area contributed by atoms with Gasteiger partial charge in [-0.3, -0.25) is 0 Å². The highest BCUT2D eigenvalue weighted by atomic mass is 32.2. The molecule has 2 N–H and O–H groups in total. The highest BCUT2D eigenvalue weighted by Gasteiger charge is 2.31. The maximum atomic E-state index is 13.2. The maximum absolute atomic E-state index is 13.2. The van der Waals surface area contributed by atoms with Gasteiger partial charge in [0.15, 0.2) is 11.5 Å². The first-order valence-corrected chi connectivity index (χ1v) is 10.7. The molecule has 0 aliphatic carbocycles. The van der Waals surface area contributed by atoms with Gasteiger partial charge in [-0.1, -0.05) is 36.9 Å². The number of rotatable bonds is 9. The van der Waals surface area contributed by atoms with Crippen molar-refractivity contribution in [3.63, 3.8) is 0 Å². The van der Waals surface area contributed by atoms with Crippen LogP contribution in [0.2, 0.25) is 0 Å². The summed E-state index contributed by atoms with van der Waals surface area (Å²) in [6.07, 6.45) is 3.08. The fourth-order valence-electron chi connectivity index (χ4n) is 3.34. The number of hydrogen-bond acceptors (Lipinski definition) is 5. The van der Waals surface area contributed by atoms with Crippen molar-refractivity contribution in [1.29, 1.82) is 0 Å². The van der Waals surface area contributed by atoms with Gasteiger partial charge < -0.3 is 14.2 Å². The predicted molar refractivity (Wildman–Crippen MR) is 109 cm³/mol. The molecule has 0 saturated heterocycles. The molecule has 0 spiro atoms. The molecule has 30 heavy (non-hydrogen) atoms. The van der Waals surface area contributed by atoms with Crippen molar-refractivity contribution in [3.05, 3.63) is 66.8 Å². The topological polar surface area (TPSA) is 87.9 Å². The van der Waals surface area contributed by atoms with Crippen molar-refractivity contribution >= 4 is 10.0 Å². The van der Waals surface area contributed by atoms with Crippen LogP contribution in [0.3, 0.4) is 0 Å². The molecule has 0 amide bonds. The number of nitrogens with two attached hydrogens (primary N) is 1. The summed E-state index contributed by atoms with van der Waals surface area (Å²) >= 11 is 0. The minimum absolute atomic E-state index is 0.0957. The third-order valence-corrected chi connectivity index (χ3v) is 5.13. The Balaban J connectivity index is 2.20. The van der Waals surface area contributed by atoms with Crippen LogP contribution in [0.1, 0.15) is 23.7 Å². The lowest BCUT2D eigenvalue weighted by atomic mass is 9.89.